The summed E-state index contributed by atoms with van der Waals surface area (Å²) >= 11 is 0. The van der Waals surface area contributed by atoms with Gasteiger partial charge in [-0.1, -0.05) is 25.0 Å². The van der Waals surface area contributed by atoms with E-state index in [1.54, 1.807) is 18.2 Å². The minimum atomic E-state index is 0.0347. The van der Waals surface area contributed by atoms with Crippen molar-refractivity contribution in [3.63, 3.8) is 0 Å². The summed E-state index contributed by atoms with van der Waals surface area (Å²) in [6.07, 6.45) is 5.42. The van der Waals surface area contributed by atoms with Crippen molar-refractivity contribution in [2.75, 3.05) is 0 Å². The van der Waals surface area contributed by atoms with Gasteiger partial charge in [0.2, 0.25) is 0 Å². The monoisotopic (exact) mass is 236 g/mol. The second-order valence-corrected chi connectivity index (χ2v) is 4.29. The Labute approximate surface area is 102 Å². The molecule has 0 radical (unpaired) electrons. The van der Waals surface area contributed by atoms with Gasteiger partial charge in [-0.05, 0) is 25.0 Å². The van der Waals surface area contributed by atoms with Gasteiger partial charge in [0.05, 0.1) is 5.56 Å². The number of para-hydroxylation sites is 1. The lowest BCUT2D eigenvalue weighted by atomic mass is 9.92. The highest BCUT2D eigenvalue weighted by molar-refractivity contribution is 5.78. The molecule has 5 N–H and O–H groups in total. The highest BCUT2D eigenvalue weighted by Gasteiger charge is 2.16. The minimum absolute atomic E-state index is 0.0347. The molecular weight excluding hydrogens is 216 g/mol. The van der Waals surface area contributed by atoms with Gasteiger partial charge < -0.3 is 16.6 Å². The van der Waals surface area contributed by atoms with Crippen LogP contribution in [-0.4, -0.2) is 23.5 Å². The van der Waals surface area contributed by atoms with E-state index < -0.39 is 0 Å². The number of carbonyl (C=O) groups is 1. The van der Waals surface area contributed by atoms with Crippen LogP contribution in [0.2, 0.25) is 0 Å². The molecule has 2 atom stereocenters. The lowest BCUT2D eigenvalue weighted by molar-refractivity contribution is 0.112. The number of benzene rings is 1. The fraction of sp³-hybridized carbons (Fsp3) is 0.462. The maximum atomic E-state index is 10.1. The Morgan fingerprint density at radius 2 is 1.65 bits per heavy atom. The molecule has 2 rings (SSSR count). The first kappa shape index (κ1) is 13.7. The van der Waals surface area contributed by atoms with Crippen LogP contribution in [0.4, 0.5) is 0 Å². The number of aromatic hydroxyl groups is 1. The fourth-order valence-corrected chi connectivity index (χ4v) is 1.78. The third-order valence-electron chi connectivity index (χ3n) is 2.94. The van der Waals surface area contributed by atoms with E-state index in [1.807, 2.05) is 0 Å². The number of nitrogens with two attached hydrogens (primary N) is 2. The topological polar surface area (TPSA) is 89.3 Å². The zero-order valence-corrected chi connectivity index (χ0v) is 9.88. The highest BCUT2D eigenvalue weighted by Crippen LogP contribution is 2.14. The average molecular weight is 236 g/mol. The molecule has 0 bridgehead atoms. The van der Waals surface area contributed by atoms with E-state index in [0.29, 0.717) is 11.8 Å². The number of hydrogen-bond donors (Lipinski definition) is 3. The molecule has 17 heavy (non-hydrogen) atoms. The molecule has 1 fully saturated rings. The van der Waals surface area contributed by atoms with Gasteiger partial charge >= 0.3 is 0 Å². The largest absolute Gasteiger partial charge is 0.507 e. The minimum Gasteiger partial charge on any atom is -0.507 e. The molecule has 0 heterocycles. The summed E-state index contributed by atoms with van der Waals surface area (Å²) in [5, 5.41) is 8.88. The first-order chi connectivity index (χ1) is 8.15. The van der Waals surface area contributed by atoms with Gasteiger partial charge in [-0.25, -0.2) is 0 Å². The molecule has 0 spiro atoms. The van der Waals surface area contributed by atoms with Crippen LogP contribution in [0.15, 0.2) is 24.3 Å². The maximum absolute atomic E-state index is 10.1. The Balaban J connectivity index is 0.000000171. The molecule has 0 aliphatic heterocycles. The molecule has 0 amide bonds. The number of carbonyl (C=O) groups excluding carboxylic acids is 1. The summed E-state index contributed by atoms with van der Waals surface area (Å²) in [5.41, 5.74) is 11.6. The van der Waals surface area contributed by atoms with E-state index in [4.69, 9.17) is 16.6 Å². The van der Waals surface area contributed by atoms with Crippen molar-refractivity contribution in [3.8, 4) is 5.75 Å². The molecule has 1 aromatic rings. The van der Waals surface area contributed by atoms with Gasteiger partial charge in [0.25, 0.3) is 0 Å². The summed E-state index contributed by atoms with van der Waals surface area (Å²) < 4.78 is 0. The highest BCUT2D eigenvalue weighted by atomic mass is 16.3. The van der Waals surface area contributed by atoms with Crippen LogP contribution in [0, 0.1) is 0 Å². The van der Waals surface area contributed by atoms with Crippen LogP contribution < -0.4 is 11.5 Å². The summed E-state index contributed by atoms with van der Waals surface area (Å²) in [6, 6.07) is 6.96. The van der Waals surface area contributed by atoms with Crippen LogP contribution in [0.3, 0.4) is 0 Å². The quantitative estimate of drug-likeness (QED) is 0.643. The zero-order chi connectivity index (χ0) is 12.7. The summed E-state index contributed by atoms with van der Waals surface area (Å²) in [7, 11) is 0. The summed E-state index contributed by atoms with van der Waals surface area (Å²) in [5.74, 6) is 0.0347. The molecule has 94 valence electrons. The molecule has 2 unspecified atom stereocenters. The van der Waals surface area contributed by atoms with Gasteiger partial charge in [0.15, 0.2) is 6.29 Å². The Hall–Kier alpha value is -1.39. The van der Waals surface area contributed by atoms with Gasteiger partial charge in [-0.2, -0.15) is 0 Å². The first-order valence-electron chi connectivity index (χ1n) is 5.89. The third-order valence-corrected chi connectivity index (χ3v) is 2.94. The number of aldehydes is 1. The van der Waals surface area contributed by atoms with Crippen molar-refractivity contribution in [1.82, 2.24) is 0 Å². The van der Waals surface area contributed by atoms with Crippen LogP contribution in [-0.2, 0) is 0 Å². The van der Waals surface area contributed by atoms with Gasteiger partial charge in [0.1, 0.15) is 5.75 Å². The summed E-state index contributed by atoms with van der Waals surface area (Å²) in [4.78, 5) is 10.1. The third kappa shape index (κ3) is 4.54. The fourth-order valence-electron chi connectivity index (χ4n) is 1.78. The lowest BCUT2D eigenvalue weighted by Gasteiger charge is -2.24. The van der Waals surface area contributed by atoms with Crippen LogP contribution in [0.5, 0.6) is 5.75 Å². The SMILES string of the molecule is NC1CCCCC1N.O=Cc1ccccc1O. The van der Waals surface area contributed by atoms with Gasteiger partial charge in [-0.3, -0.25) is 4.79 Å². The Morgan fingerprint density at radius 3 is 2.00 bits per heavy atom. The first-order valence-corrected chi connectivity index (χ1v) is 5.89. The Bertz CT molecular complexity index is 345. The molecule has 0 saturated heterocycles. The van der Waals surface area contributed by atoms with Crippen LogP contribution in [0.1, 0.15) is 36.0 Å². The summed E-state index contributed by atoms with van der Waals surface area (Å²) in [6.45, 7) is 0. The van der Waals surface area contributed by atoms with Gasteiger partial charge in [-0.15, -0.1) is 0 Å². The average Bonchev–Trinajstić information content (AvgIpc) is 2.34. The van der Waals surface area contributed by atoms with Crippen molar-refractivity contribution in [1.29, 1.82) is 0 Å². The van der Waals surface area contributed by atoms with Gasteiger partial charge in [0, 0.05) is 12.1 Å². The standard InChI is InChI=1S/C7H6O2.C6H14N2/c8-5-6-3-1-2-4-7(6)9;7-5-3-1-2-4-6(5)8/h1-5,9H;5-6H,1-4,7-8H2. The Kier molecular flexibility index (Phi) is 5.66. The van der Waals surface area contributed by atoms with Crippen molar-refractivity contribution < 1.29 is 9.90 Å². The molecule has 1 aromatic carbocycles. The number of rotatable bonds is 1. The molecule has 0 aromatic heterocycles. The van der Waals surface area contributed by atoms with E-state index >= 15 is 0 Å². The van der Waals surface area contributed by atoms with E-state index in [0.717, 1.165) is 12.8 Å². The zero-order valence-electron chi connectivity index (χ0n) is 9.88. The number of hydrogen-bond acceptors (Lipinski definition) is 4. The normalized spacial score (nSPS) is 23.4. The molecule has 4 nitrogen and oxygen atoms in total. The number of phenols is 1. The predicted octanol–water partition coefficient (Wildman–Crippen LogP) is 1.42. The molecular formula is C13H20N2O2. The smallest absolute Gasteiger partial charge is 0.153 e. The predicted molar refractivity (Wildman–Crippen MR) is 67.9 cm³/mol. The molecule has 1 aliphatic rings. The van der Waals surface area contributed by atoms with Crippen molar-refractivity contribution in [2.24, 2.45) is 11.5 Å². The van der Waals surface area contributed by atoms with Crippen molar-refractivity contribution >= 4 is 6.29 Å². The molecule has 4 heteroatoms. The maximum Gasteiger partial charge on any atom is 0.153 e. The van der Waals surface area contributed by atoms with Crippen molar-refractivity contribution in [2.45, 2.75) is 37.8 Å². The lowest BCUT2D eigenvalue weighted by Crippen LogP contribution is -2.43. The molecule has 1 saturated carbocycles. The molecule has 1 aliphatic carbocycles. The number of phenolic OH excluding ortho intramolecular Hbond substituents is 1. The second-order valence-electron chi connectivity index (χ2n) is 4.29. The second kappa shape index (κ2) is 7.04. The Morgan fingerprint density at radius 1 is 1.12 bits per heavy atom. The van der Waals surface area contributed by atoms with E-state index in [1.165, 1.54) is 18.9 Å². The van der Waals surface area contributed by atoms with Crippen LogP contribution >= 0.6 is 0 Å². The van der Waals surface area contributed by atoms with E-state index in [9.17, 15) is 4.79 Å². The van der Waals surface area contributed by atoms with Crippen LogP contribution in [0.25, 0.3) is 0 Å². The van der Waals surface area contributed by atoms with E-state index in [-0.39, 0.29) is 17.8 Å². The van der Waals surface area contributed by atoms with E-state index in [2.05, 4.69) is 0 Å². The van der Waals surface area contributed by atoms with Crippen molar-refractivity contribution in [3.05, 3.63) is 29.8 Å².